The largest absolute Gasteiger partial charge is 0.416 e. The van der Waals surface area contributed by atoms with Crippen LogP contribution in [0.5, 0.6) is 0 Å². The van der Waals surface area contributed by atoms with Crippen molar-refractivity contribution < 1.29 is 23.0 Å². The lowest BCUT2D eigenvalue weighted by molar-refractivity contribution is -0.137. The van der Waals surface area contributed by atoms with Gasteiger partial charge in [-0.2, -0.15) is 13.2 Å². The minimum atomic E-state index is -4.49. The van der Waals surface area contributed by atoms with E-state index in [9.17, 15) is 21.6 Å². The number of nitrogens with one attached hydrogen (secondary N) is 2. The molecule has 0 fully saturated rings. The number of halogens is 3. The van der Waals surface area contributed by atoms with Gasteiger partial charge in [0.25, 0.3) is 0 Å². The summed E-state index contributed by atoms with van der Waals surface area (Å²) in [5, 5.41) is 1.74. The van der Waals surface area contributed by atoms with Crippen molar-refractivity contribution in [3.8, 4) is 0 Å². The third-order valence-corrected chi connectivity index (χ3v) is 5.64. The monoisotopic (exact) mass is 417 g/mol. The molecule has 154 valence electrons. The van der Waals surface area contributed by atoms with E-state index >= 15 is 0 Å². The van der Waals surface area contributed by atoms with Crippen molar-refractivity contribution in [1.29, 1.82) is 0 Å². The molecule has 3 rings (SSSR count). The molecule has 2 N–H and O–H groups in total. The fraction of sp³-hybridized carbons (Fsp3) is 0.353. The third-order valence-electron chi connectivity index (χ3n) is 4.39. The third kappa shape index (κ3) is 4.47. The summed E-state index contributed by atoms with van der Waals surface area (Å²) in [5.74, 6) is -0.253. The molecular weight excluding hydrogens is 395 g/mol. The lowest BCUT2D eigenvalue weighted by atomic mass is 10.1. The molecule has 0 saturated heterocycles. The Labute approximate surface area is 162 Å². The highest BCUT2D eigenvalue weighted by Crippen LogP contribution is 2.33. The average molecular weight is 417 g/mol. The van der Waals surface area contributed by atoms with E-state index in [1.807, 2.05) is 6.07 Å². The summed E-state index contributed by atoms with van der Waals surface area (Å²) in [6, 6.07) is 7.09. The van der Waals surface area contributed by atoms with Crippen LogP contribution in [0.4, 0.5) is 30.4 Å². The molecule has 1 aliphatic rings. The Bertz CT molecular complexity index is 972. The maximum Gasteiger partial charge on any atom is 0.416 e. The van der Waals surface area contributed by atoms with Crippen molar-refractivity contribution >= 4 is 27.2 Å². The second-order valence-electron chi connectivity index (χ2n) is 6.45. The van der Waals surface area contributed by atoms with Crippen molar-refractivity contribution in [1.82, 2.24) is 10.4 Å². The van der Waals surface area contributed by atoms with Gasteiger partial charge in [0.2, 0.25) is 10.0 Å². The van der Waals surface area contributed by atoms with Crippen molar-refractivity contribution in [3.05, 3.63) is 47.7 Å². The van der Waals surface area contributed by atoms with Gasteiger partial charge in [0, 0.05) is 34.8 Å². The molecule has 1 aromatic carbocycles. The lowest BCUT2D eigenvalue weighted by Crippen LogP contribution is -2.30. The Hall–Kier alpha value is -2.53. The average Bonchev–Trinajstić information content (AvgIpc) is 3.01. The standard InChI is InChI=1S/C17H20F3N5O2S.H2/c1-24(15-10-13(6-7-21-15)17(18,19)20)8-9-28(26,27)23-14-5-3-4-12-11-22-25(2)16(12)14;/h3-7,10,22-23H,8-9,11H2,1-2H3;1H. The quantitative estimate of drug-likeness (QED) is 0.753. The number of benzene rings is 1. The van der Waals surface area contributed by atoms with Crippen LogP contribution in [0.25, 0.3) is 0 Å². The Morgan fingerprint density at radius 3 is 2.82 bits per heavy atom. The van der Waals surface area contributed by atoms with Gasteiger partial charge in [-0.25, -0.2) is 18.8 Å². The van der Waals surface area contributed by atoms with Crippen LogP contribution < -0.4 is 20.1 Å². The topological polar surface area (TPSA) is 77.6 Å². The molecule has 0 bridgehead atoms. The Morgan fingerprint density at radius 2 is 2.11 bits per heavy atom. The molecule has 0 spiro atoms. The minimum Gasteiger partial charge on any atom is -0.359 e. The summed E-state index contributed by atoms with van der Waals surface area (Å²) in [5.41, 5.74) is 4.42. The molecule has 0 saturated carbocycles. The lowest BCUT2D eigenvalue weighted by Gasteiger charge is -2.21. The van der Waals surface area contributed by atoms with Crippen molar-refractivity contribution in [2.24, 2.45) is 0 Å². The SMILES string of the molecule is CN(CCS(=O)(=O)Nc1cccc2c1N(C)NC2)c1cc(C(F)(F)F)ccn1.[HH]. The van der Waals surface area contributed by atoms with Gasteiger partial charge >= 0.3 is 6.18 Å². The van der Waals surface area contributed by atoms with Crippen LogP contribution in [-0.4, -0.2) is 39.8 Å². The van der Waals surface area contributed by atoms with Crippen LogP contribution in [-0.2, 0) is 22.7 Å². The van der Waals surface area contributed by atoms with E-state index in [1.54, 1.807) is 24.2 Å². The number of hydrogen-bond donors (Lipinski definition) is 2. The predicted octanol–water partition coefficient (Wildman–Crippen LogP) is 2.68. The summed E-state index contributed by atoms with van der Waals surface area (Å²) in [4.78, 5) is 5.26. The van der Waals surface area contributed by atoms with Crippen LogP contribution in [0.15, 0.2) is 36.5 Å². The molecular formula is C17H22F3N5O2S. The van der Waals surface area contributed by atoms with E-state index in [0.717, 1.165) is 29.6 Å². The first-order valence-corrected chi connectivity index (χ1v) is 10.1. The highest BCUT2D eigenvalue weighted by molar-refractivity contribution is 7.92. The number of hydrazine groups is 1. The zero-order valence-electron chi connectivity index (χ0n) is 15.3. The number of pyridine rings is 1. The Balaban J connectivity index is 0.00000300. The molecule has 0 aliphatic carbocycles. The van der Waals surface area contributed by atoms with Crippen LogP contribution in [0.3, 0.4) is 0 Å². The summed E-state index contributed by atoms with van der Waals surface area (Å²) in [6.07, 6.45) is -3.43. The van der Waals surface area contributed by atoms with Crippen LogP contribution in [0, 0.1) is 0 Å². The van der Waals surface area contributed by atoms with Crippen molar-refractivity contribution in [2.45, 2.75) is 12.7 Å². The smallest absolute Gasteiger partial charge is 0.359 e. The van der Waals surface area contributed by atoms with Gasteiger partial charge in [0.05, 0.1) is 22.7 Å². The number of para-hydroxylation sites is 1. The van der Waals surface area contributed by atoms with Gasteiger partial charge in [0.15, 0.2) is 0 Å². The summed E-state index contributed by atoms with van der Waals surface area (Å²) in [6.45, 7) is 0.581. The number of sulfonamides is 1. The molecule has 2 aromatic rings. The zero-order chi connectivity index (χ0) is 20.5. The Kier molecular flexibility index (Phi) is 5.39. The first kappa shape index (κ1) is 20.2. The first-order valence-electron chi connectivity index (χ1n) is 8.41. The molecule has 11 heteroatoms. The van der Waals surface area contributed by atoms with Gasteiger partial charge in [-0.1, -0.05) is 12.1 Å². The summed E-state index contributed by atoms with van der Waals surface area (Å²) in [7, 11) is -0.433. The molecule has 0 radical (unpaired) electrons. The van der Waals surface area contributed by atoms with Crippen LogP contribution in [0.1, 0.15) is 12.6 Å². The number of alkyl halides is 3. The highest BCUT2D eigenvalue weighted by Gasteiger charge is 2.31. The Morgan fingerprint density at radius 1 is 1.36 bits per heavy atom. The number of rotatable bonds is 6. The van der Waals surface area contributed by atoms with Crippen molar-refractivity contribution in [3.63, 3.8) is 0 Å². The van der Waals surface area contributed by atoms with E-state index in [0.29, 0.717) is 12.2 Å². The molecule has 28 heavy (non-hydrogen) atoms. The van der Waals surface area contributed by atoms with Crippen LogP contribution >= 0.6 is 0 Å². The molecule has 0 unspecified atom stereocenters. The van der Waals surface area contributed by atoms with E-state index in [4.69, 9.17) is 0 Å². The van der Waals surface area contributed by atoms with E-state index in [-0.39, 0.29) is 19.5 Å². The summed E-state index contributed by atoms with van der Waals surface area (Å²) >= 11 is 0. The zero-order valence-corrected chi connectivity index (χ0v) is 16.1. The van der Waals surface area contributed by atoms with E-state index in [2.05, 4.69) is 15.1 Å². The first-order chi connectivity index (χ1) is 13.1. The maximum absolute atomic E-state index is 12.8. The fourth-order valence-electron chi connectivity index (χ4n) is 2.89. The van der Waals surface area contributed by atoms with Crippen LogP contribution in [0.2, 0.25) is 0 Å². The van der Waals surface area contributed by atoms with Gasteiger partial charge in [-0.05, 0) is 23.8 Å². The van der Waals surface area contributed by atoms with E-state index < -0.39 is 21.8 Å². The molecule has 7 nitrogen and oxygen atoms in total. The number of nitrogens with zero attached hydrogens (tertiary/aromatic N) is 3. The van der Waals surface area contributed by atoms with E-state index in [1.165, 1.54) is 11.9 Å². The highest BCUT2D eigenvalue weighted by atomic mass is 32.2. The maximum atomic E-state index is 12.8. The number of fused-ring (bicyclic) bond motifs is 1. The van der Waals surface area contributed by atoms with Gasteiger partial charge < -0.3 is 9.91 Å². The minimum absolute atomic E-state index is 0. The molecule has 1 aromatic heterocycles. The molecule has 0 amide bonds. The van der Waals surface area contributed by atoms with Gasteiger partial charge in [-0.15, -0.1) is 0 Å². The second kappa shape index (κ2) is 7.47. The fourth-order valence-corrected chi connectivity index (χ4v) is 4.01. The number of aromatic nitrogens is 1. The molecule has 2 heterocycles. The molecule has 1 aliphatic heterocycles. The summed E-state index contributed by atoms with van der Waals surface area (Å²) < 4.78 is 66.0. The molecule has 0 atom stereocenters. The normalized spacial score (nSPS) is 14.1. The van der Waals surface area contributed by atoms with Crippen molar-refractivity contribution in [2.75, 3.05) is 41.0 Å². The second-order valence-corrected chi connectivity index (χ2v) is 8.29. The number of hydrogen-bond acceptors (Lipinski definition) is 6. The van der Waals surface area contributed by atoms with Gasteiger partial charge in [-0.3, -0.25) is 4.72 Å². The van der Waals surface area contributed by atoms with Gasteiger partial charge in [0.1, 0.15) is 5.82 Å². The number of anilines is 3. The predicted molar refractivity (Wildman–Crippen MR) is 104 cm³/mol.